The smallest absolute Gasteiger partial charge is 0.258 e. The normalized spacial score (nSPS) is 12.9. The summed E-state index contributed by atoms with van der Waals surface area (Å²) in [6.45, 7) is 4.15. The molecule has 160 valence electrons. The molecule has 0 saturated heterocycles. The molecule has 3 N–H and O–H groups in total. The molecule has 0 unspecified atom stereocenters. The summed E-state index contributed by atoms with van der Waals surface area (Å²) in [6, 6.07) is 13.4. The van der Waals surface area contributed by atoms with Gasteiger partial charge in [0.2, 0.25) is 5.91 Å². The molecule has 0 saturated carbocycles. The number of phenols is 1. The molecule has 0 fully saturated rings. The first-order valence-electron chi connectivity index (χ1n) is 10.0. The van der Waals surface area contributed by atoms with Gasteiger partial charge in [0.1, 0.15) is 11.4 Å². The van der Waals surface area contributed by atoms with Crippen molar-refractivity contribution in [3.63, 3.8) is 0 Å². The van der Waals surface area contributed by atoms with Crippen LogP contribution in [0.5, 0.6) is 5.75 Å². The summed E-state index contributed by atoms with van der Waals surface area (Å²) in [5.41, 5.74) is 4.89. The number of thiophene rings is 1. The minimum atomic E-state index is -0.315. The van der Waals surface area contributed by atoms with Gasteiger partial charge in [-0.1, -0.05) is 24.8 Å². The molecule has 8 heteroatoms. The standard InChI is InChI=1S/C24H20N4O3S/c1-13(23(30)25-2)11-28-12-17-15(6-8-19(29)21(17)24(28)31)14-5-7-18-16(10-14)22(27-26-18)20-4-3-9-32-20/h3-10,29H,1,11-12H2,2H3,(H,25,30)(H,26,27). The average molecular weight is 445 g/mol. The Morgan fingerprint density at radius 3 is 2.91 bits per heavy atom. The fourth-order valence-electron chi connectivity index (χ4n) is 4.12. The molecule has 2 amide bonds. The minimum Gasteiger partial charge on any atom is -0.507 e. The number of benzene rings is 2. The summed E-state index contributed by atoms with van der Waals surface area (Å²) in [6.07, 6.45) is 0. The van der Waals surface area contributed by atoms with Crippen LogP contribution in [0.4, 0.5) is 0 Å². The molecule has 1 aliphatic rings. The van der Waals surface area contributed by atoms with Crippen molar-refractivity contribution in [1.29, 1.82) is 0 Å². The third-order valence-electron chi connectivity index (χ3n) is 5.70. The largest absolute Gasteiger partial charge is 0.507 e. The van der Waals surface area contributed by atoms with Gasteiger partial charge in [-0.15, -0.1) is 11.3 Å². The number of nitrogens with one attached hydrogen (secondary N) is 2. The predicted molar refractivity (Wildman–Crippen MR) is 124 cm³/mol. The average Bonchev–Trinajstić information content (AvgIpc) is 3.52. The number of aromatic amines is 1. The van der Waals surface area contributed by atoms with Gasteiger partial charge in [-0.2, -0.15) is 5.10 Å². The van der Waals surface area contributed by atoms with E-state index in [0.717, 1.165) is 38.2 Å². The van der Waals surface area contributed by atoms with E-state index in [1.807, 2.05) is 35.7 Å². The molecule has 0 aliphatic carbocycles. The highest BCUT2D eigenvalue weighted by molar-refractivity contribution is 7.13. The number of amides is 2. The molecule has 2 aromatic carbocycles. The van der Waals surface area contributed by atoms with Crippen LogP contribution in [0.25, 0.3) is 32.6 Å². The lowest BCUT2D eigenvalue weighted by Gasteiger charge is -2.16. The Kier molecular flexibility index (Phi) is 4.79. The summed E-state index contributed by atoms with van der Waals surface area (Å²) in [7, 11) is 1.52. The number of H-pyrrole nitrogens is 1. The number of rotatable bonds is 5. The Bertz CT molecular complexity index is 1390. The molecule has 0 atom stereocenters. The Morgan fingerprint density at radius 2 is 2.16 bits per heavy atom. The lowest BCUT2D eigenvalue weighted by molar-refractivity contribution is -0.117. The van der Waals surface area contributed by atoms with Crippen LogP contribution in [0.15, 0.2) is 60.0 Å². The van der Waals surface area contributed by atoms with Crippen LogP contribution >= 0.6 is 11.3 Å². The van der Waals surface area contributed by atoms with E-state index in [4.69, 9.17) is 0 Å². The fraction of sp³-hybridized carbons (Fsp3) is 0.125. The lowest BCUT2D eigenvalue weighted by atomic mass is 9.95. The van der Waals surface area contributed by atoms with Crippen molar-refractivity contribution < 1.29 is 14.7 Å². The number of aromatic hydroxyl groups is 1. The van der Waals surface area contributed by atoms with Crippen molar-refractivity contribution >= 4 is 34.1 Å². The third kappa shape index (κ3) is 3.16. The topological polar surface area (TPSA) is 98.3 Å². The number of aromatic nitrogens is 2. The van der Waals surface area contributed by atoms with Gasteiger partial charge in [0, 0.05) is 24.6 Å². The number of likely N-dealkylation sites (N-methyl/N-ethyl adjacent to an activating group) is 1. The van der Waals surface area contributed by atoms with E-state index < -0.39 is 0 Å². The first kappa shape index (κ1) is 20.0. The highest BCUT2D eigenvalue weighted by atomic mass is 32.1. The second kappa shape index (κ2) is 7.65. The predicted octanol–water partition coefficient (Wildman–Crippen LogP) is 3.92. The van der Waals surface area contributed by atoms with E-state index in [-0.39, 0.29) is 41.8 Å². The van der Waals surface area contributed by atoms with Crippen molar-refractivity contribution in [2.24, 2.45) is 0 Å². The zero-order valence-electron chi connectivity index (χ0n) is 17.3. The monoisotopic (exact) mass is 444 g/mol. The number of hydrogen-bond donors (Lipinski definition) is 3. The van der Waals surface area contributed by atoms with Crippen molar-refractivity contribution in [3.05, 3.63) is 71.1 Å². The lowest BCUT2D eigenvalue weighted by Crippen LogP contribution is -2.31. The number of fused-ring (bicyclic) bond motifs is 2. The van der Waals surface area contributed by atoms with Crippen LogP contribution in [0.2, 0.25) is 0 Å². The van der Waals surface area contributed by atoms with Crippen LogP contribution in [0, 0.1) is 0 Å². The first-order valence-corrected chi connectivity index (χ1v) is 10.9. The Morgan fingerprint density at radius 1 is 1.31 bits per heavy atom. The number of carbonyl (C=O) groups excluding carboxylic acids is 2. The minimum absolute atomic E-state index is 0.0644. The number of nitrogens with zero attached hydrogens (tertiary/aromatic N) is 2. The van der Waals surface area contributed by atoms with E-state index >= 15 is 0 Å². The molecular weight excluding hydrogens is 424 g/mol. The maximum atomic E-state index is 13.0. The van der Waals surface area contributed by atoms with Gasteiger partial charge in [-0.05, 0) is 46.3 Å². The second-order valence-corrected chi connectivity index (χ2v) is 8.59. The molecular formula is C24H20N4O3S. The van der Waals surface area contributed by atoms with E-state index in [9.17, 15) is 14.7 Å². The van der Waals surface area contributed by atoms with Crippen molar-refractivity contribution in [1.82, 2.24) is 20.4 Å². The summed E-state index contributed by atoms with van der Waals surface area (Å²) in [5.74, 6) is -0.691. The zero-order chi connectivity index (χ0) is 22.4. The molecule has 2 aromatic heterocycles. The molecule has 0 radical (unpaired) electrons. The highest BCUT2D eigenvalue weighted by Gasteiger charge is 2.33. The van der Waals surface area contributed by atoms with Gasteiger partial charge in [-0.25, -0.2) is 0 Å². The number of hydrogen-bond acceptors (Lipinski definition) is 5. The molecule has 4 aromatic rings. The van der Waals surface area contributed by atoms with Crippen LogP contribution in [-0.4, -0.2) is 45.6 Å². The van der Waals surface area contributed by atoms with Gasteiger partial charge < -0.3 is 15.3 Å². The molecule has 3 heterocycles. The fourth-order valence-corrected chi connectivity index (χ4v) is 4.85. The Hall–Kier alpha value is -3.91. The van der Waals surface area contributed by atoms with Crippen LogP contribution < -0.4 is 5.32 Å². The highest BCUT2D eigenvalue weighted by Crippen LogP contribution is 2.39. The molecule has 0 bridgehead atoms. The molecule has 32 heavy (non-hydrogen) atoms. The van der Waals surface area contributed by atoms with E-state index in [2.05, 4.69) is 28.2 Å². The maximum absolute atomic E-state index is 13.0. The Balaban J connectivity index is 1.57. The Labute approximate surface area is 188 Å². The van der Waals surface area contributed by atoms with Crippen LogP contribution in [0.3, 0.4) is 0 Å². The molecule has 1 aliphatic heterocycles. The van der Waals surface area contributed by atoms with Crippen molar-refractivity contribution in [3.8, 4) is 27.4 Å². The summed E-state index contributed by atoms with van der Waals surface area (Å²) < 4.78 is 0. The summed E-state index contributed by atoms with van der Waals surface area (Å²) >= 11 is 1.62. The molecule has 5 rings (SSSR count). The second-order valence-electron chi connectivity index (χ2n) is 7.64. The van der Waals surface area contributed by atoms with E-state index in [1.54, 1.807) is 17.4 Å². The van der Waals surface area contributed by atoms with E-state index in [0.29, 0.717) is 0 Å². The first-order chi connectivity index (χ1) is 15.5. The maximum Gasteiger partial charge on any atom is 0.258 e. The van der Waals surface area contributed by atoms with Gasteiger partial charge in [0.05, 0.1) is 22.5 Å². The summed E-state index contributed by atoms with van der Waals surface area (Å²) in [4.78, 5) is 27.5. The molecule has 0 spiro atoms. The van der Waals surface area contributed by atoms with Crippen LogP contribution in [-0.2, 0) is 11.3 Å². The van der Waals surface area contributed by atoms with Crippen molar-refractivity contribution in [2.45, 2.75) is 6.54 Å². The molecule has 7 nitrogen and oxygen atoms in total. The third-order valence-corrected chi connectivity index (χ3v) is 6.58. The van der Waals surface area contributed by atoms with Gasteiger partial charge in [0.25, 0.3) is 5.91 Å². The quantitative estimate of drug-likeness (QED) is 0.406. The summed E-state index contributed by atoms with van der Waals surface area (Å²) in [5, 5.41) is 23.5. The van der Waals surface area contributed by atoms with Gasteiger partial charge >= 0.3 is 0 Å². The SMILES string of the molecule is C=C(CN1Cc2c(-c3ccc4[nH]nc(-c5cccs5)c4c3)ccc(O)c2C1=O)C(=O)NC. The zero-order valence-corrected chi connectivity index (χ0v) is 18.1. The van der Waals surface area contributed by atoms with Crippen LogP contribution in [0.1, 0.15) is 15.9 Å². The van der Waals surface area contributed by atoms with E-state index in [1.165, 1.54) is 11.9 Å². The van der Waals surface area contributed by atoms with Gasteiger partial charge in [0.15, 0.2) is 0 Å². The number of phenolic OH excluding ortho intramolecular Hbond substituents is 1. The van der Waals surface area contributed by atoms with Gasteiger partial charge in [-0.3, -0.25) is 14.7 Å². The number of carbonyl (C=O) groups is 2. The van der Waals surface area contributed by atoms with Crippen molar-refractivity contribution in [2.75, 3.05) is 13.6 Å².